The Labute approximate surface area is 160 Å². The van der Waals surface area contributed by atoms with Crippen LogP contribution in [0.15, 0.2) is 42.5 Å². The van der Waals surface area contributed by atoms with Gasteiger partial charge >= 0.3 is 0 Å². The Bertz CT molecular complexity index is 897. The molecule has 1 aliphatic rings. The zero-order chi connectivity index (χ0) is 19.6. The first-order chi connectivity index (χ1) is 12.8. The molecule has 2 atom stereocenters. The topological polar surface area (TPSA) is 96.6 Å². The van der Waals surface area contributed by atoms with Crippen molar-refractivity contribution in [2.75, 3.05) is 11.4 Å². The minimum atomic E-state index is -2.03. The second kappa shape index (κ2) is 7.53. The van der Waals surface area contributed by atoms with Gasteiger partial charge in [-0.3, -0.25) is 4.79 Å². The van der Waals surface area contributed by atoms with Crippen LogP contribution in [0.3, 0.4) is 0 Å². The third-order valence-corrected chi connectivity index (χ3v) is 4.75. The maximum absolute atomic E-state index is 13.4. The van der Waals surface area contributed by atoms with Crippen molar-refractivity contribution >= 4 is 23.2 Å². The van der Waals surface area contributed by atoms with E-state index in [1.165, 1.54) is 17.0 Å². The zero-order valence-corrected chi connectivity index (χ0v) is 14.9. The van der Waals surface area contributed by atoms with Crippen LogP contribution < -0.4 is 10.2 Å². The lowest BCUT2D eigenvalue weighted by molar-refractivity contribution is -0.148. The molecular formula is C19H17ClFN3O3. The van der Waals surface area contributed by atoms with Crippen LogP contribution >= 0.6 is 11.6 Å². The fourth-order valence-electron chi connectivity index (χ4n) is 3.10. The Morgan fingerprint density at radius 1 is 1.41 bits per heavy atom. The first-order valence-electron chi connectivity index (χ1n) is 8.24. The van der Waals surface area contributed by atoms with E-state index in [9.17, 15) is 19.4 Å². The molecule has 0 aliphatic carbocycles. The predicted octanol–water partition coefficient (Wildman–Crippen LogP) is 1.93. The average molecular weight is 390 g/mol. The molecule has 8 heteroatoms. The van der Waals surface area contributed by atoms with Crippen LogP contribution in [0, 0.1) is 17.1 Å². The number of nitriles is 1. The molecule has 140 valence electrons. The van der Waals surface area contributed by atoms with Crippen LogP contribution in [0.4, 0.5) is 10.1 Å². The van der Waals surface area contributed by atoms with E-state index in [2.05, 4.69) is 5.32 Å². The van der Waals surface area contributed by atoms with E-state index in [4.69, 9.17) is 16.9 Å². The summed E-state index contributed by atoms with van der Waals surface area (Å²) in [6, 6.07) is 12.4. The van der Waals surface area contributed by atoms with Crippen molar-refractivity contribution in [1.29, 1.82) is 5.26 Å². The molecule has 2 aromatic carbocycles. The molecule has 3 N–H and O–H groups in total. The normalized spacial score (nSPS) is 21.7. The molecule has 0 aromatic heterocycles. The summed E-state index contributed by atoms with van der Waals surface area (Å²) in [5.41, 5.74) is -0.660. The lowest BCUT2D eigenvalue weighted by atomic mass is 10.00. The van der Waals surface area contributed by atoms with Crippen molar-refractivity contribution < 1.29 is 19.4 Å². The molecule has 0 saturated carbocycles. The molecule has 0 bridgehead atoms. The monoisotopic (exact) mass is 389 g/mol. The Morgan fingerprint density at radius 2 is 2.19 bits per heavy atom. The molecule has 0 radical (unpaired) electrons. The minimum absolute atomic E-state index is 0.000683. The Kier molecular flexibility index (Phi) is 5.33. The number of aliphatic hydroxyl groups excluding tert-OH is 1. The van der Waals surface area contributed by atoms with Crippen molar-refractivity contribution in [3.63, 3.8) is 0 Å². The highest BCUT2D eigenvalue weighted by molar-refractivity contribution is 6.30. The third kappa shape index (κ3) is 3.88. The summed E-state index contributed by atoms with van der Waals surface area (Å²) >= 11 is 5.78. The highest BCUT2D eigenvalue weighted by Crippen LogP contribution is 2.32. The van der Waals surface area contributed by atoms with Gasteiger partial charge in [0.25, 0.3) is 5.91 Å². The van der Waals surface area contributed by atoms with Crippen LogP contribution in [-0.2, 0) is 11.3 Å². The quantitative estimate of drug-likeness (QED) is 0.742. The smallest absolute Gasteiger partial charge is 0.257 e. The first kappa shape index (κ1) is 19.1. The van der Waals surface area contributed by atoms with Gasteiger partial charge in [0.2, 0.25) is 0 Å². The lowest BCUT2D eigenvalue weighted by Crippen LogP contribution is -2.55. The number of carbonyl (C=O) groups is 1. The highest BCUT2D eigenvalue weighted by Gasteiger charge is 2.51. The number of carbonyl (C=O) groups excluding carboxylic acids is 1. The summed E-state index contributed by atoms with van der Waals surface area (Å²) in [5, 5.41) is 32.9. The molecule has 3 rings (SSSR count). The molecule has 1 aliphatic heterocycles. The van der Waals surface area contributed by atoms with Gasteiger partial charge in [-0.15, -0.1) is 0 Å². The number of anilines is 1. The van der Waals surface area contributed by atoms with Crippen LogP contribution in [0.5, 0.6) is 0 Å². The van der Waals surface area contributed by atoms with Gasteiger partial charge in [0, 0.05) is 30.2 Å². The summed E-state index contributed by atoms with van der Waals surface area (Å²) < 4.78 is 13.4. The van der Waals surface area contributed by atoms with Gasteiger partial charge in [0.1, 0.15) is 5.82 Å². The molecule has 0 spiro atoms. The van der Waals surface area contributed by atoms with Crippen LogP contribution in [0.1, 0.15) is 17.5 Å². The largest absolute Gasteiger partial charge is 0.376 e. The number of amides is 1. The molecule has 6 nitrogen and oxygen atoms in total. The fourth-order valence-corrected chi connectivity index (χ4v) is 3.35. The number of aliphatic hydroxyl groups is 2. The van der Waals surface area contributed by atoms with Gasteiger partial charge in [-0.1, -0.05) is 17.7 Å². The van der Waals surface area contributed by atoms with E-state index in [1.54, 1.807) is 24.3 Å². The van der Waals surface area contributed by atoms with Crippen molar-refractivity contribution in [3.05, 3.63) is 64.4 Å². The second-order valence-electron chi connectivity index (χ2n) is 6.36. The summed E-state index contributed by atoms with van der Waals surface area (Å²) in [5.74, 6) is -1.30. The molecular weight excluding hydrogens is 373 g/mol. The van der Waals surface area contributed by atoms with E-state index in [0.717, 1.165) is 6.07 Å². The highest BCUT2D eigenvalue weighted by atomic mass is 35.5. The zero-order valence-electron chi connectivity index (χ0n) is 14.2. The van der Waals surface area contributed by atoms with Gasteiger partial charge < -0.3 is 20.4 Å². The van der Waals surface area contributed by atoms with Crippen molar-refractivity contribution in [2.45, 2.75) is 24.8 Å². The van der Waals surface area contributed by atoms with E-state index < -0.39 is 23.6 Å². The number of rotatable bonds is 4. The Balaban J connectivity index is 1.72. The predicted molar refractivity (Wildman–Crippen MR) is 97.3 cm³/mol. The van der Waals surface area contributed by atoms with E-state index in [1.807, 2.05) is 6.07 Å². The van der Waals surface area contributed by atoms with E-state index >= 15 is 0 Å². The molecule has 1 saturated heterocycles. The number of nitrogens with zero attached hydrogens (tertiary/aromatic N) is 2. The Morgan fingerprint density at radius 3 is 2.89 bits per heavy atom. The molecule has 1 amide bonds. The van der Waals surface area contributed by atoms with Gasteiger partial charge in [-0.05, 0) is 42.0 Å². The van der Waals surface area contributed by atoms with Crippen molar-refractivity contribution in [1.82, 2.24) is 5.32 Å². The standard InChI is InChI=1S/C19H17ClFN3O3/c20-14-6-13(7-15(21)9-14)11-23-17(25)19(27)4-5-24(18(19)26)16-3-1-2-12(8-16)10-22/h1-3,6-9,18,26-27H,4-5,11H2,(H,23,25). The lowest BCUT2D eigenvalue weighted by Gasteiger charge is -2.30. The third-order valence-electron chi connectivity index (χ3n) is 4.53. The molecule has 2 aromatic rings. The second-order valence-corrected chi connectivity index (χ2v) is 6.80. The Hall–Kier alpha value is -2.66. The van der Waals surface area contributed by atoms with Crippen molar-refractivity contribution in [2.24, 2.45) is 0 Å². The number of benzene rings is 2. The average Bonchev–Trinajstić information content (AvgIpc) is 2.95. The maximum atomic E-state index is 13.4. The maximum Gasteiger partial charge on any atom is 0.257 e. The first-order valence-corrected chi connectivity index (χ1v) is 8.62. The van der Waals surface area contributed by atoms with E-state index in [0.29, 0.717) is 16.8 Å². The van der Waals surface area contributed by atoms with Crippen LogP contribution in [0.25, 0.3) is 0 Å². The molecule has 27 heavy (non-hydrogen) atoms. The van der Waals surface area contributed by atoms with Gasteiger partial charge in [0.15, 0.2) is 11.8 Å². The SMILES string of the molecule is N#Cc1cccc(N2CCC(O)(C(=O)NCc3cc(F)cc(Cl)c3)C2O)c1. The molecule has 1 fully saturated rings. The van der Waals surface area contributed by atoms with Gasteiger partial charge in [-0.25, -0.2) is 4.39 Å². The number of halogens is 2. The minimum Gasteiger partial charge on any atom is -0.376 e. The van der Waals surface area contributed by atoms with Crippen LogP contribution in [0.2, 0.25) is 5.02 Å². The van der Waals surface area contributed by atoms with Gasteiger partial charge in [-0.2, -0.15) is 5.26 Å². The number of hydrogen-bond donors (Lipinski definition) is 3. The summed E-state index contributed by atoms with van der Waals surface area (Å²) in [4.78, 5) is 14.0. The van der Waals surface area contributed by atoms with E-state index in [-0.39, 0.29) is 24.5 Å². The summed E-state index contributed by atoms with van der Waals surface area (Å²) in [6.07, 6.45) is -1.48. The molecule has 1 heterocycles. The van der Waals surface area contributed by atoms with Gasteiger partial charge in [0.05, 0.1) is 11.6 Å². The summed E-state index contributed by atoms with van der Waals surface area (Å²) in [6.45, 7) is 0.182. The number of nitrogens with one attached hydrogen (secondary N) is 1. The molecule has 2 unspecified atom stereocenters. The van der Waals surface area contributed by atoms with Crippen molar-refractivity contribution in [3.8, 4) is 6.07 Å². The summed E-state index contributed by atoms with van der Waals surface area (Å²) in [7, 11) is 0. The fraction of sp³-hybridized carbons (Fsp3) is 0.263. The number of hydrogen-bond acceptors (Lipinski definition) is 5. The van der Waals surface area contributed by atoms with Crippen LogP contribution in [-0.4, -0.2) is 34.5 Å².